The Bertz CT molecular complexity index is 1010. The molecule has 3 aliphatic rings. The van der Waals surface area contributed by atoms with Gasteiger partial charge in [-0.3, -0.25) is 4.90 Å². The normalized spacial score (nSPS) is 25.4. The molecule has 2 bridgehead atoms. The first-order valence-electron chi connectivity index (χ1n) is 11.9. The highest BCUT2D eigenvalue weighted by molar-refractivity contribution is 5.71. The van der Waals surface area contributed by atoms with E-state index in [0.29, 0.717) is 5.82 Å². The van der Waals surface area contributed by atoms with Crippen molar-refractivity contribution >= 4 is 6.09 Å². The van der Waals surface area contributed by atoms with Crippen molar-refractivity contribution in [3.05, 3.63) is 29.3 Å². The monoisotopic (exact) mass is 439 g/mol. The quantitative estimate of drug-likeness (QED) is 0.672. The van der Waals surface area contributed by atoms with Crippen molar-refractivity contribution in [2.45, 2.75) is 96.6 Å². The van der Waals surface area contributed by atoms with Gasteiger partial charge in [0.15, 0.2) is 0 Å². The number of hydrogen-bond donors (Lipinski definition) is 0. The molecule has 172 valence electrons. The molecule has 5 heterocycles. The maximum Gasteiger partial charge on any atom is 0.411 e. The lowest BCUT2D eigenvalue weighted by Gasteiger charge is -2.46. The van der Waals surface area contributed by atoms with Crippen molar-refractivity contribution in [1.29, 1.82) is 0 Å². The molecule has 0 spiro atoms. The summed E-state index contributed by atoms with van der Waals surface area (Å²) in [7, 11) is 0. The average Bonchev–Trinajstić information content (AvgIpc) is 3.23. The van der Waals surface area contributed by atoms with Gasteiger partial charge in [-0.25, -0.2) is 19.4 Å². The Hall–Kier alpha value is -2.48. The summed E-state index contributed by atoms with van der Waals surface area (Å²) < 4.78 is 13.6. The summed E-state index contributed by atoms with van der Waals surface area (Å²) in [5, 5.41) is 4.85. The average molecular weight is 440 g/mol. The van der Waals surface area contributed by atoms with E-state index < -0.39 is 5.60 Å². The standard InChI is InChI=1S/C24H33N5O3/c1-15-25-21(18-11-12-28(27-18)20-10-5-6-13-31-20)17-14-16-8-7-9-19(22(17)26-15)29(16)23(30)32-24(2,3)4/h11-12,16,19-20H,5-10,13-14H2,1-4H3. The summed E-state index contributed by atoms with van der Waals surface area (Å²) >= 11 is 0. The fourth-order valence-electron chi connectivity index (χ4n) is 5.24. The zero-order valence-electron chi connectivity index (χ0n) is 19.5. The molecule has 0 N–H and O–H groups in total. The number of amides is 1. The van der Waals surface area contributed by atoms with Gasteiger partial charge in [-0.05, 0) is 78.7 Å². The third kappa shape index (κ3) is 4.00. The van der Waals surface area contributed by atoms with Gasteiger partial charge in [0.25, 0.3) is 0 Å². The molecular formula is C24H33N5O3. The van der Waals surface area contributed by atoms with Crippen LogP contribution in [0.25, 0.3) is 11.4 Å². The van der Waals surface area contributed by atoms with Crippen LogP contribution < -0.4 is 0 Å². The molecule has 2 fully saturated rings. The lowest BCUT2D eigenvalue weighted by Crippen LogP contribution is -2.51. The summed E-state index contributed by atoms with van der Waals surface area (Å²) in [4.78, 5) is 24.7. The van der Waals surface area contributed by atoms with E-state index in [4.69, 9.17) is 24.5 Å². The van der Waals surface area contributed by atoms with Gasteiger partial charge in [0.05, 0.1) is 17.4 Å². The molecule has 0 saturated carbocycles. The highest BCUT2D eigenvalue weighted by Crippen LogP contribution is 2.44. The molecule has 3 aliphatic heterocycles. The first-order valence-corrected chi connectivity index (χ1v) is 11.9. The third-order valence-electron chi connectivity index (χ3n) is 6.56. The van der Waals surface area contributed by atoms with Crippen LogP contribution in [0.3, 0.4) is 0 Å². The van der Waals surface area contributed by atoms with Crippen LogP contribution in [0.1, 0.15) is 88.6 Å². The number of rotatable bonds is 2. The third-order valence-corrected chi connectivity index (χ3v) is 6.56. The van der Waals surface area contributed by atoms with E-state index in [1.807, 2.05) is 49.5 Å². The van der Waals surface area contributed by atoms with Crippen molar-refractivity contribution < 1.29 is 14.3 Å². The van der Waals surface area contributed by atoms with E-state index in [2.05, 4.69) is 0 Å². The predicted molar refractivity (Wildman–Crippen MR) is 119 cm³/mol. The summed E-state index contributed by atoms with van der Waals surface area (Å²) in [5.74, 6) is 0.704. The smallest absolute Gasteiger partial charge is 0.411 e. The summed E-state index contributed by atoms with van der Waals surface area (Å²) in [6.07, 6.45) is 8.67. The van der Waals surface area contributed by atoms with E-state index >= 15 is 0 Å². The Morgan fingerprint density at radius 1 is 1.16 bits per heavy atom. The van der Waals surface area contributed by atoms with E-state index in [1.165, 1.54) is 0 Å². The van der Waals surface area contributed by atoms with Crippen LogP contribution in [-0.4, -0.2) is 49.0 Å². The number of ether oxygens (including phenoxy) is 2. The molecule has 0 radical (unpaired) electrons. The van der Waals surface area contributed by atoms with Gasteiger partial charge < -0.3 is 9.47 Å². The van der Waals surface area contributed by atoms with Crippen LogP contribution in [0.2, 0.25) is 0 Å². The minimum absolute atomic E-state index is 0.00157. The molecule has 2 aromatic heterocycles. The fourth-order valence-corrected chi connectivity index (χ4v) is 5.24. The predicted octanol–water partition coefficient (Wildman–Crippen LogP) is 4.73. The molecule has 0 aliphatic carbocycles. The Balaban J connectivity index is 1.50. The second-order valence-electron chi connectivity index (χ2n) is 10.2. The largest absolute Gasteiger partial charge is 0.444 e. The van der Waals surface area contributed by atoms with Crippen LogP contribution in [0.4, 0.5) is 4.79 Å². The van der Waals surface area contributed by atoms with Gasteiger partial charge >= 0.3 is 6.09 Å². The highest BCUT2D eigenvalue weighted by atomic mass is 16.6. The van der Waals surface area contributed by atoms with Crippen molar-refractivity contribution in [2.75, 3.05) is 6.61 Å². The van der Waals surface area contributed by atoms with Gasteiger partial charge in [0.2, 0.25) is 0 Å². The lowest BCUT2D eigenvalue weighted by atomic mass is 9.82. The second-order valence-corrected chi connectivity index (χ2v) is 10.2. The summed E-state index contributed by atoms with van der Waals surface area (Å²) in [6.45, 7) is 8.43. The molecule has 8 heteroatoms. The van der Waals surface area contributed by atoms with Gasteiger partial charge in [-0.1, -0.05) is 0 Å². The number of carbonyl (C=O) groups excluding carboxylic acids is 1. The molecular weight excluding hydrogens is 406 g/mol. The van der Waals surface area contributed by atoms with Crippen molar-refractivity contribution in [3.8, 4) is 11.4 Å². The number of carbonyl (C=O) groups is 1. The van der Waals surface area contributed by atoms with E-state index in [1.54, 1.807) is 0 Å². The molecule has 1 amide bonds. The fraction of sp³-hybridized carbons (Fsp3) is 0.667. The molecule has 3 atom stereocenters. The van der Waals surface area contributed by atoms with Crippen LogP contribution in [-0.2, 0) is 15.9 Å². The van der Waals surface area contributed by atoms with Gasteiger partial charge in [-0.2, -0.15) is 5.10 Å². The summed E-state index contributed by atoms with van der Waals surface area (Å²) in [5.41, 5.74) is 3.30. The molecule has 8 nitrogen and oxygen atoms in total. The topological polar surface area (TPSA) is 82.4 Å². The molecule has 3 unspecified atom stereocenters. The van der Waals surface area contributed by atoms with Crippen molar-refractivity contribution in [1.82, 2.24) is 24.6 Å². The lowest BCUT2D eigenvalue weighted by molar-refractivity contribution is -0.0393. The van der Waals surface area contributed by atoms with Crippen LogP contribution in [0, 0.1) is 6.92 Å². The minimum Gasteiger partial charge on any atom is -0.444 e. The summed E-state index contributed by atoms with van der Waals surface area (Å²) in [6, 6.07) is 2.05. The molecule has 32 heavy (non-hydrogen) atoms. The maximum atomic E-state index is 13.1. The SMILES string of the molecule is Cc1nc(-c2ccn(C3CCCCO3)n2)c2c(n1)C1CCCC(C2)N1C(=O)OC(C)(C)C. The Morgan fingerprint density at radius 2 is 2.00 bits per heavy atom. The molecule has 2 saturated heterocycles. The Kier molecular flexibility index (Phi) is 5.43. The van der Waals surface area contributed by atoms with E-state index in [9.17, 15) is 4.79 Å². The first kappa shape index (κ1) is 21.4. The van der Waals surface area contributed by atoms with Crippen molar-refractivity contribution in [3.63, 3.8) is 0 Å². The molecule has 0 aromatic carbocycles. The highest BCUT2D eigenvalue weighted by Gasteiger charge is 2.44. The van der Waals surface area contributed by atoms with Crippen molar-refractivity contribution in [2.24, 2.45) is 0 Å². The van der Waals surface area contributed by atoms with E-state index in [0.717, 1.165) is 74.2 Å². The second kappa shape index (κ2) is 8.14. The number of aromatic nitrogens is 4. The number of fused-ring (bicyclic) bond motifs is 4. The number of aryl methyl sites for hydroxylation is 1. The zero-order valence-corrected chi connectivity index (χ0v) is 19.5. The van der Waals surface area contributed by atoms with Gasteiger partial charge in [0, 0.05) is 24.4 Å². The molecule has 2 aromatic rings. The van der Waals surface area contributed by atoms with Crippen LogP contribution in [0.5, 0.6) is 0 Å². The zero-order chi connectivity index (χ0) is 22.5. The maximum absolute atomic E-state index is 13.1. The first-order chi connectivity index (χ1) is 15.3. The van der Waals surface area contributed by atoms with Crippen LogP contribution >= 0.6 is 0 Å². The minimum atomic E-state index is -0.521. The Labute approximate surface area is 189 Å². The number of nitrogens with zero attached hydrogens (tertiary/aromatic N) is 5. The Morgan fingerprint density at radius 3 is 2.75 bits per heavy atom. The molecule has 5 rings (SSSR count). The van der Waals surface area contributed by atoms with Gasteiger partial charge in [0.1, 0.15) is 23.3 Å². The number of piperidine rings is 1. The van der Waals surface area contributed by atoms with E-state index in [-0.39, 0.29) is 24.4 Å². The number of hydrogen-bond acceptors (Lipinski definition) is 6. The van der Waals surface area contributed by atoms with Gasteiger partial charge in [-0.15, -0.1) is 0 Å². The van der Waals surface area contributed by atoms with Crippen LogP contribution in [0.15, 0.2) is 12.3 Å².